The molecule has 0 saturated carbocycles. The Kier molecular flexibility index (Phi) is 5.30. The minimum absolute atomic E-state index is 0.159. The molecule has 124 valence electrons. The van der Waals surface area contributed by atoms with Crippen LogP contribution >= 0.6 is 11.3 Å². The van der Waals surface area contributed by atoms with Gasteiger partial charge in [-0.15, -0.1) is 11.3 Å². The van der Waals surface area contributed by atoms with E-state index >= 15 is 0 Å². The number of rotatable bonds is 5. The summed E-state index contributed by atoms with van der Waals surface area (Å²) in [4.78, 5) is 29.9. The van der Waals surface area contributed by atoms with E-state index in [1.165, 1.54) is 4.68 Å². The number of nitrogens with zero attached hydrogens (tertiary/aromatic N) is 3. The summed E-state index contributed by atoms with van der Waals surface area (Å²) in [6.07, 6.45) is 2.72. The quantitative estimate of drug-likeness (QED) is 0.907. The van der Waals surface area contributed by atoms with Gasteiger partial charge in [0.05, 0.1) is 17.2 Å². The van der Waals surface area contributed by atoms with Gasteiger partial charge in [0.15, 0.2) is 0 Å². The molecule has 0 aliphatic carbocycles. The zero-order chi connectivity index (χ0) is 17.1. The van der Waals surface area contributed by atoms with E-state index in [4.69, 9.17) is 0 Å². The van der Waals surface area contributed by atoms with Crippen LogP contribution in [-0.4, -0.2) is 20.7 Å². The number of hydrogen-bond donors (Lipinski definition) is 1. The van der Waals surface area contributed by atoms with Gasteiger partial charge in [0.1, 0.15) is 5.56 Å². The van der Waals surface area contributed by atoms with Crippen molar-refractivity contribution in [3.05, 3.63) is 43.3 Å². The van der Waals surface area contributed by atoms with Crippen LogP contribution in [0.25, 0.3) is 0 Å². The highest BCUT2D eigenvalue weighted by Gasteiger charge is 2.18. The number of carbonyl (C=O) groups is 1. The summed E-state index contributed by atoms with van der Waals surface area (Å²) in [6.45, 7) is 8.19. The Bertz CT molecular complexity index is 777. The van der Waals surface area contributed by atoms with Crippen molar-refractivity contribution in [1.82, 2.24) is 20.1 Å². The summed E-state index contributed by atoms with van der Waals surface area (Å²) in [7, 11) is 1.55. The monoisotopic (exact) mass is 334 g/mol. The maximum atomic E-state index is 12.4. The van der Waals surface area contributed by atoms with Gasteiger partial charge in [0, 0.05) is 24.5 Å². The first-order valence-electron chi connectivity index (χ1n) is 7.56. The van der Waals surface area contributed by atoms with Crippen LogP contribution in [0.3, 0.4) is 0 Å². The Morgan fingerprint density at radius 3 is 2.74 bits per heavy atom. The minimum atomic E-state index is -0.379. The van der Waals surface area contributed by atoms with E-state index in [-0.39, 0.29) is 17.0 Å². The molecule has 0 bridgehead atoms. The van der Waals surface area contributed by atoms with E-state index < -0.39 is 0 Å². The highest BCUT2D eigenvalue weighted by molar-refractivity contribution is 7.11. The molecule has 0 aliphatic heterocycles. The molecule has 0 unspecified atom stereocenters. The fourth-order valence-corrected chi connectivity index (χ4v) is 3.32. The Balaban J connectivity index is 2.12. The number of carbonyl (C=O) groups excluding carboxylic acids is 1. The molecule has 2 aromatic rings. The third kappa shape index (κ3) is 4.04. The van der Waals surface area contributed by atoms with Crippen molar-refractivity contribution in [3.63, 3.8) is 0 Å². The van der Waals surface area contributed by atoms with Gasteiger partial charge in [-0.1, -0.05) is 13.8 Å². The van der Waals surface area contributed by atoms with Crippen molar-refractivity contribution in [2.75, 3.05) is 0 Å². The molecule has 2 aromatic heterocycles. The Morgan fingerprint density at radius 2 is 2.09 bits per heavy atom. The minimum Gasteiger partial charge on any atom is -0.347 e. The van der Waals surface area contributed by atoms with E-state index in [1.807, 2.05) is 0 Å². The van der Waals surface area contributed by atoms with Crippen LogP contribution in [0.2, 0.25) is 0 Å². The van der Waals surface area contributed by atoms with Gasteiger partial charge < -0.3 is 5.32 Å². The molecule has 0 saturated heterocycles. The largest absolute Gasteiger partial charge is 0.347 e. The summed E-state index contributed by atoms with van der Waals surface area (Å²) in [6, 6.07) is 0. The smallest absolute Gasteiger partial charge is 0.279 e. The molecule has 0 spiro atoms. The number of amides is 1. The van der Waals surface area contributed by atoms with E-state index in [9.17, 15) is 9.59 Å². The van der Waals surface area contributed by atoms with Crippen molar-refractivity contribution in [3.8, 4) is 0 Å². The van der Waals surface area contributed by atoms with Crippen molar-refractivity contribution in [1.29, 1.82) is 0 Å². The molecule has 2 rings (SSSR count). The number of nitrogens with one attached hydrogen (secondary N) is 1. The third-order valence-electron chi connectivity index (χ3n) is 3.56. The Labute approximate surface area is 139 Å². The SMILES string of the molecule is Cc1nn(C)c(=O)c(C(=O)NCc2cnc(CC(C)C)s2)c1C. The fraction of sp³-hybridized carbons (Fsp3) is 0.500. The lowest BCUT2D eigenvalue weighted by Gasteiger charge is -2.09. The summed E-state index contributed by atoms with van der Waals surface area (Å²) in [5.41, 5.74) is 1.08. The van der Waals surface area contributed by atoms with E-state index in [0.717, 1.165) is 16.3 Å². The molecule has 1 amide bonds. The van der Waals surface area contributed by atoms with Gasteiger partial charge >= 0.3 is 0 Å². The first kappa shape index (κ1) is 17.3. The molecule has 2 heterocycles. The second kappa shape index (κ2) is 7.04. The molecule has 7 heteroatoms. The molecule has 6 nitrogen and oxygen atoms in total. The van der Waals surface area contributed by atoms with Crippen LogP contribution in [-0.2, 0) is 20.0 Å². The number of thiazole rings is 1. The van der Waals surface area contributed by atoms with Gasteiger partial charge in [-0.3, -0.25) is 9.59 Å². The summed E-state index contributed by atoms with van der Waals surface area (Å²) < 4.78 is 1.20. The molecule has 0 aliphatic rings. The molecular weight excluding hydrogens is 312 g/mol. The second-order valence-electron chi connectivity index (χ2n) is 6.02. The zero-order valence-electron chi connectivity index (χ0n) is 14.1. The lowest BCUT2D eigenvalue weighted by Crippen LogP contribution is -2.34. The molecule has 0 radical (unpaired) electrons. The van der Waals surface area contributed by atoms with Crippen molar-refractivity contribution in [2.45, 2.75) is 40.7 Å². The maximum absolute atomic E-state index is 12.4. The number of aryl methyl sites for hydroxylation is 2. The average molecular weight is 334 g/mol. The first-order chi connectivity index (χ1) is 10.8. The Morgan fingerprint density at radius 1 is 1.39 bits per heavy atom. The zero-order valence-corrected chi connectivity index (χ0v) is 15.0. The van der Waals surface area contributed by atoms with E-state index in [1.54, 1.807) is 38.4 Å². The van der Waals surface area contributed by atoms with Crippen molar-refractivity contribution >= 4 is 17.2 Å². The third-order valence-corrected chi connectivity index (χ3v) is 4.58. The second-order valence-corrected chi connectivity index (χ2v) is 7.21. The lowest BCUT2D eigenvalue weighted by atomic mass is 10.1. The molecular formula is C16H22N4O2S. The summed E-state index contributed by atoms with van der Waals surface area (Å²) in [5, 5.41) is 7.96. The van der Waals surface area contributed by atoms with Gasteiger partial charge in [-0.25, -0.2) is 9.67 Å². The molecule has 0 atom stereocenters. The van der Waals surface area contributed by atoms with Crippen LogP contribution < -0.4 is 10.9 Å². The highest BCUT2D eigenvalue weighted by Crippen LogP contribution is 2.16. The van der Waals surface area contributed by atoms with Crippen LogP contribution in [0.1, 0.15) is 45.3 Å². The molecule has 1 N–H and O–H groups in total. The van der Waals surface area contributed by atoms with Gasteiger partial charge in [0.25, 0.3) is 11.5 Å². The standard InChI is InChI=1S/C16H22N4O2S/c1-9(2)6-13-17-7-12(23-13)8-18-15(21)14-10(3)11(4)19-20(5)16(14)22/h7,9H,6,8H2,1-5H3,(H,18,21). The van der Waals surface area contributed by atoms with Crippen LogP contribution in [0.4, 0.5) is 0 Å². The first-order valence-corrected chi connectivity index (χ1v) is 8.37. The van der Waals surface area contributed by atoms with Crippen LogP contribution in [0.15, 0.2) is 11.0 Å². The van der Waals surface area contributed by atoms with Gasteiger partial charge in [-0.05, 0) is 25.3 Å². The summed E-state index contributed by atoms with van der Waals surface area (Å²) >= 11 is 1.59. The topological polar surface area (TPSA) is 76.9 Å². The van der Waals surface area contributed by atoms with Crippen LogP contribution in [0, 0.1) is 19.8 Å². The lowest BCUT2D eigenvalue weighted by molar-refractivity contribution is 0.0948. The normalized spacial score (nSPS) is 11.0. The number of aromatic nitrogens is 3. The Hall–Kier alpha value is -2.02. The highest BCUT2D eigenvalue weighted by atomic mass is 32.1. The molecule has 0 aromatic carbocycles. The predicted molar refractivity (Wildman–Crippen MR) is 90.8 cm³/mol. The average Bonchev–Trinajstić information content (AvgIpc) is 2.90. The van der Waals surface area contributed by atoms with Gasteiger partial charge in [0.2, 0.25) is 0 Å². The fourth-order valence-electron chi connectivity index (χ4n) is 2.25. The predicted octanol–water partition coefficient (Wildman–Crippen LogP) is 1.98. The summed E-state index contributed by atoms with van der Waals surface area (Å²) in [5.74, 6) is 0.182. The van der Waals surface area contributed by atoms with E-state index in [0.29, 0.717) is 23.7 Å². The maximum Gasteiger partial charge on any atom is 0.279 e. The van der Waals surface area contributed by atoms with Crippen molar-refractivity contribution in [2.24, 2.45) is 13.0 Å². The molecule has 0 fully saturated rings. The molecule has 23 heavy (non-hydrogen) atoms. The van der Waals surface area contributed by atoms with E-state index in [2.05, 4.69) is 29.2 Å². The van der Waals surface area contributed by atoms with Crippen LogP contribution in [0.5, 0.6) is 0 Å². The van der Waals surface area contributed by atoms with Gasteiger partial charge in [-0.2, -0.15) is 5.10 Å². The van der Waals surface area contributed by atoms with Crippen molar-refractivity contribution < 1.29 is 4.79 Å². The number of hydrogen-bond acceptors (Lipinski definition) is 5.